The fourth-order valence-electron chi connectivity index (χ4n) is 2.53. The lowest BCUT2D eigenvalue weighted by Crippen LogP contribution is -2.30. The van der Waals surface area contributed by atoms with Crippen LogP contribution in [-0.2, 0) is 14.3 Å². The zero-order chi connectivity index (χ0) is 21.7. The van der Waals surface area contributed by atoms with Crippen LogP contribution in [0.25, 0.3) is 0 Å². The number of carbonyl (C=O) groups excluding carboxylic acids is 3. The quantitative estimate of drug-likeness (QED) is 0.595. The van der Waals surface area contributed by atoms with Crippen LogP contribution in [0.4, 0.5) is 5.69 Å². The third kappa shape index (κ3) is 6.11. The van der Waals surface area contributed by atoms with Crippen molar-refractivity contribution in [1.29, 1.82) is 0 Å². The van der Waals surface area contributed by atoms with Gasteiger partial charge in [0.25, 0.3) is 11.8 Å². The summed E-state index contributed by atoms with van der Waals surface area (Å²) in [5, 5.41) is 6.15. The summed E-state index contributed by atoms with van der Waals surface area (Å²) in [5.41, 5.74) is 0.687. The first-order valence-electron chi connectivity index (χ1n) is 9.31. The fourth-order valence-corrected chi connectivity index (χ4v) is 2.98. The van der Waals surface area contributed by atoms with E-state index in [4.69, 9.17) is 32.7 Å². The van der Waals surface area contributed by atoms with Gasteiger partial charge in [-0.05, 0) is 50.1 Å². The molecular formula is C21H20Cl2N2O5. The van der Waals surface area contributed by atoms with Crippen molar-refractivity contribution < 1.29 is 23.9 Å². The zero-order valence-corrected chi connectivity index (χ0v) is 17.6. The van der Waals surface area contributed by atoms with E-state index < -0.39 is 24.6 Å². The number of ether oxygens (including phenoxy) is 2. The van der Waals surface area contributed by atoms with Crippen molar-refractivity contribution in [3.8, 4) is 5.75 Å². The smallest absolute Gasteiger partial charge is 0.347 e. The lowest BCUT2D eigenvalue weighted by molar-refractivity contribution is -0.153. The first-order chi connectivity index (χ1) is 14.3. The molecule has 0 aliphatic heterocycles. The average molecular weight is 451 g/mol. The average Bonchev–Trinajstić information content (AvgIpc) is 3.52. The number of anilines is 1. The number of amides is 2. The molecule has 1 saturated carbocycles. The summed E-state index contributed by atoms with van der Waals surface area (Å²) in [7, 11) is 0. The third-order valence-electron chi connectivity index (χ3n) is 4.23. The maximum absolute atomic E-state index is 12.3. The minimum absolute atomic E-state index is 0.192. The van der Waals surface area contributed by atoms with E-state index in [1.165, 1.54) is 19.1 Å². The van der Waals surface area contributed by atoms with E-state index in [1.807, 2.05) is 0 Å². The predicted molar refractivity (Wildman–Crippen MR) is 113 cm³/mol. The van der Waals surface area contributed by atoms with Gasteiger partial charge in [-0.15, -0.1) is 0 Å². The molecule has 2 amide bonds. The number of nitrogens with one attached hydrogen (secondary N) is 2. The molecule has 1 unspecified atom stereocenters. The SMILES string of the molecule is CC(Oc1ccc(Cl)cc1Cl)C(=O)OCC(=O)Nc1ccccc1C(=O)NC1CC1. The lowest BCUT2D eigenvalue weighted by atomic mass is 10.1. The Bertz CT molecular complexity index is 962. The summed E-state index contributed by atoms with van der Waals surface area (Å²) in [4.78, 5) is 36.6. The van der Waals surface area contributed by atoms with Crippen LogP contribution in [0.15, 0.2) is 42.5 Å². The highest BCUT2D eigenvalue weighted by molar-refractivity contribution is 6.35. The standard InChI is InChI=1S/C21H20Cl2N2O5/c1-12(30-18-9-6-13(22)10-16(18)23)21(28)29-11-19(26)25-17-5-3-2-4-15(17)20(27)24-14-7-8-14/h2-6,9-10,12,14H,7-8,11H2,1H3,(H,24,27)(H,25,26). The van der Waals surface area contributed by atoms with Crippen molar-refractivity contribution in [2.45, 2.75) is 31.9 Å². The number of hydrogen-bond donors (Lipinski definition) is 2. The van der Waals surface area contributed by atoms with Crippen LogP contribution in [0, 0.1) is 0 Å². The molecule has 7 nitrogen and oxygen atoms in total. The van der Waals surface area contributed by atoms with Crippen molar-refractivity contribution in [3.05, 3.63) is 58.1 Å². The Hall–Kier alpha value is -2.77. The molecule has 1 aliphatic rings. The molecule has 9 heteroatoms. The maximum atomic E-state index is 12.3. The molecule has 30 heavy (non-hydrogen) atoms. The van der Waals surface area contributed by atoms with Crippen molar-refractivity contribution in [2.75, 3.05) is 11.9 Å². The summed E-state index contributed by atoms with van der Waals surface area (Å²) in [5.74, 6) is -1.31. The van der Waals surface area contributed by atoms with Crippen LogP contribution < -0.4 is 15.4 Å². The van der Waals surface area contributed by atoms with E-state index in [2.05, 4.69) is 10.6 Å². The van der Waals surface area contributed by atoms with E-state index in [-0.39, 0.29) is 22.7 Å². The number of para-hydroxylation sites is 1. The van der Waals surface area contributed by atoms with Gasteiger partial charge >= 0.3 is 5.97 Å². The highest BCUT2D eigenvalue weighted by Crippen LogP contribution is 2.28. The van der Waals surface area contributed by atoms with Crippen LogP contribution in [0.2, 0.25) is 10.0 Å². The van der Waals surface area contributed by atoms with Crippen LogP contribution in [-0.4, -0.2) is 36.5 Å². The van der Waals surface area contributed by atoms with Crippen molar-refractivity contribution in [1.82, 2.24) is 5.32 Å². The Kier molecular flexibility index (Phi) is 7.18. The van der Waals surface area contributed by atoms with Gasteiger partial charge in [0.2, 0.25) is 0 Å². The van der Waals surface area contributed by atoms with Crippen molar-refractivity contribution in [2.24, 2.45) is 0 Å². The highest BCUT2D eigenvalue weighted by Gasteiger charge is 2.25. The minimum Gasteiger partial charge on any atom is -0.477 e. The molecular weight excluding hydrogens is 431 g/mol. The summed E-state index contributed by atoms with van der Waals surface area (Å²) in [6.45, 7) is 0.947. The summed E-state index contributed by atoms with van der Waals surface area (Å²) in [6, 6.07) is 11.4. The maximum Gasteiger partial charge on any atom is 0.347 e. The molecule has 0 saturated heterocycles. The Labute approximate surface area is 183 Å². The van der Waals surface area contributed by atoms with Crippen LogP contribution in [0.3, 0.4) is 0 Å². The van der Waals surface area contributed by atoms with Crippen LogP contribution in [0.1, 0.15) is 30.1 Å². The molecule has 0 heterocycles. The first-order valence-corrected chi connectivity index (χ1v) is 10.1. The van der Waals surface area contributed by atoms with Gasteiger partial charge in [0.1, 0.15) is 5.75 Å². The Morgan fingerprint density at radius 3 is 2.57 bits per heavy atom. The Morgan fingerprint density at radius 1 is 1.13 bits per heavy atom. The van der Waals surface area contributed by atoms with Gasteiger partial charge in [-0.25, -0.2) is 4.79 Å². The molecule has 1 aliphatic carbocycles. The van der Waals surface area contributed by atoms with Gasteiger partial charge in [0.15, 0.2) is 12.7 Å². The molecule has 0 spiro atoms. The Morgan fingerprint density at radius 2 is 1.87 bits per heavy atom. The second-order valence-corrected chi connectivity index (χ2v) is 7.63. The van der Waals surface area contributed by atoms with Gasteiger partial charge in [0, 0.05) is 11.1 Å². The van der Waals surface area contributed by atoms with Crippen molar-refractivity contribution >= 4 is 46.7 Å². The molecule has 1 atom stereocenters. The molecule has 1 fully saturated rings. The molecule has 0 aromatic heterocycles. The minimum atomic E-state index is -0.993. The third-order valence-corrected chi connectivity index (χ3v) is 4.76. The predicted octanol–water partition coefficient (Wildman–Crippen LogP) is 3.83. The molecule has 2 aromatic rings. The molecule has 2 aromatic carbocycles. The largest absolute Gasteiger partial charge is 0.477 e. The molecule has 0 radical (unpaired) electrons. The highest BCUT2D eigenvalue weighted by atomic mass is 35.5. The Balaban J connectivity index is 1.51. The van der Waals surface area contributed by atoms with E-state index >= 15 is 0 Å². The van der Waals surface area contributed by atoms with Gasteiger partial charge in [-0.3, -0.25) is 9.59 Å². The lowest BCUT2D eigenvalue weighted by Gasteiger charge is -2.15. The first kappa shape index (κ1) is 21.9. The fraction of sp³-hybridized carbons (Fsp3) is 0.286. The molecule has 2 N–H and O–H groups in total. The molecule has 3 rings (SSSR count). The summed E-state index contributed by atoms with van der Waals surface area (Å²) >= 11 is 11.8. The second kappa shape index (κ2) is 9.82. The van der Waals surface area contributed by atoms with Crippen LogP contribution >= 0.6 is 23.2 Å². The normalized spacial score (nSPS) is 13.8. The number of hydrogen-bond acceptors (Lipinski definition) is 5. The molecule has 158 valence electrons. The van der Waals surface area contributed by atoms with Crippen molar-refractivity contribution in [3.63, 3.8) is 0 Å². The van der Waals surface area contributed by atoms with E-state index in [0.717, 1.165) is 12.8 Å². The molecule has 0 bridgehead atoms. The summed E-state index contributed by atoms with van der Waals surface area (Å²) < 4.78 is 10.5. The number of benzene rings is 2. The van der Waals surface area contributed by atoms with E-state index in [9.17, 15) is 14.4 Å². The topological polar surface area (TPSA) is 93.7 Å². The second-order valence-electron chi connectivity index (χ2n) is 6.78. The van der Waals surface area contributed by atoms with Gasteiger partial charge in [-0.1, -0.05) is 35.3 Å². The number of halogens is 2. The zero-order valence-electron chi connectivity index (χ0n) is 16.1. The van der Waals surface area contributed by atoms with E-state index in [0.29, 0.717) is 16.3 Å². The number of carbonyl (C=O) groups is 3. The van der Waals surface area contributed by atoms with Gasteiger partial charge in [0.05, 0.1) is 16.3 Å². The van der Waals surface area contributed by atoms with Crippen LogP contribution in [0.5, 0.6) is 5.75 Å². The number of esters is 1. The summed E-state index contributed by atoms with van der Waals surface area (Å²) in [6.07, 6.45) is 0.920. The van der Waals surface area contributed by atoms with Gasteiger partial charge < -0.3 is 20.1 Å². The van der Waals surface area contributed by atoms with Gasteiger partial charge in [-0.2, -0.15) is 0 Å². The van der Waals surface area contributed by atoms with E-state index in [1.54, 1.807) is 30.3 Å². The monoisotopic (exact) mass is 450 g/mol. The number of rotatable bonds is 8.